The van der Waals surface area contributed by atoms with Crippen LogP contribution in [0.3, 0.4) is 0 Å². The number of carbonyl (C=O) groups excluding carboxylic acids is 3. The van der Waals surface area contributed by atoms with E-state index in [4.69, 9.17) is 14.2 Å². The summed E-state index contributed by atoms with van der Waals surface area (Å²) in [6.07, 6.45) is 65.4. The zero-order valence-electron chi connectivity index (χ0n) is 49.6. The summed E-state index contributed by atoms with van der Waals surface area (Å²) in [5.41, 5.74) is 0. The molecule has 0 amide bonds. The first-order valence-corrected chi connectivity index (χ1v) is 32.8. The number of esters is 3. The van der Waals surface area contributed by atoms with Gasteiger partial charge in [0.05, 0.1) is 0 Å². The van der Waals surface area contributed by atoms with Crippen molar-refractivity contribution in [2.75, 3.05) is 13.2 Å². The van der Waals surface area contributed by atoms with Crippen molar-refractivity contribution in [3.63, 3.8) is 0 Å². The van der Waals surface area contributed by atoms with Crippen molar-refractivity contribution in [2.45, 2.75) is 381 Å². The van der Waals surface area contributed by atoms with E-state index in [1.165, 1.54) is 263 Å². The number of ether oxygens (including phenoxy) is 3. The molecule has 0 saturated carbocycles. The molecule has 6 nitrogen and oxygen atoms in total. The molecular weight excluding hydrogens is 889 g/mol. The zero-order chi connectivity index (χ0) is 52.5. The average molecular weight is 1020 g/mol. The Morgan fingerprint density at radius 3 is 0.792 bits per heavy atom. The van der Waals surface area contributed by atoms with Gasteiger partial charge in [0.2, 0.25) is 0 Å². The highest BCUT2D eigenvalue weighted by atomic mass is 16.6. The van der Waals surface area contributed by atoms with Crippen molar-refractivity contribution in [3.8, 4) is 0 Å². The van der Waals surface area contributed by atoms with Gasteiger partial charge in [-0.15, -0.1) is 0 Å². The van der Waals surface area contributed by atoms with Crippen molar-refractivity contribution in [2.24, 2.45) is 11.8 Å². The molecule has 0 fully saturated rings. The Kier molecular flexibility index (Phi) is 57.4. The van der Waals surface area contributed by atoms with Crippen LogP contribution in [0.1, 0.15) is 375 Å². The lowest BCUT2D eigenvalue weighted by Crippen LogP contribution is -2.30. The highest BCUT2D eigenvalue weighted by Gasteiger charge is 2.19. The third kappa shape index (κ3) is 57.7. The summed E-state index contributed by atoms with van der Waals surface area (Å²) in [6, 6.07) is 0. The molecule has 2 atom stereocenters. The van der Waals surface area contributed by atoms with Crippen LogP contribution in [-0.4, -0.2) is 37.2 Å². The molecule has 428 valence electrons. The van der Waals surface area contributed by atoms with E-state index in [0.717, 1.165) is 69.6 Å². The summed E-state index contributed by atoms with van der Waals surface area (Å²) in [5, 5.41) is 0. The molecule has 0 aromatic heterocycles. The van der Waals surface area contributed by atoms with E-state index in [-0.39, 0.29) is 31.1 Å². The number of hydrogen-bond donors (Lipinski definition) is 0. The second kappa shape index (κ2) is 58.7. The Balaban J connectivity index is 4.24. The normalized spacial score (nSPS) is 12.4. The van der Waals surface area contributed by atoms with Crippen LogP contribution in [0, 0.1) is 11.8 Å². The predicted octanol–water partition coefficient (Wildman–Crippen LogP) is 22.0. The molecule has 0 heterocycles. The molecule has 0 N–H and O–H groups in total. The van der Waals surface area contributed by atoms with E-state index < -0.39 is 6.10 Å². The molecule has 0 spiro atoms. The Labute approximate surface area is 450 Å². The molecule has 0 saturated heterocycles. The van der Waals surface area contributed by atoms with E-state index in [0.29, 0.717) is 19.3 Å². The first-order chi connectivity index (χ1) is 35.3. The highest BCUT2D eigenvalue weighted by Crippen LogP contribution is 2.19. The maximum Gasteiger partial charge on any atom is 0.306 e. The Morgan fingerprint density at radius 1 is 0.292 bits per heavy atom. The number of hydrogen-bond acceptors (Lipinski definition) is 6. The molecule has 0 aromatic carbocycles. The molecular formula is C66H128O6. The van der Waals surface area contributed by atoms with Crippen LogP contribution in [0.4, 0.5) is 0 Å². The Morgan fingerprint density at radius 2 is 0.528 bits per heavy atom. The van der Waals surface area contributed by atoms with Gasteiger partial charge in [-0.2, -0.15) is 0 Å². The van der Waals surface area contributed by atoms with Gasteiger partial charge in [0.15, 0.2) is 6.10 Å². The Bertz CT molecular complexity index is 1110. The van der Waals surface area contributed by atoms with Crippen LogP contribution >= 0.6 is 0 Å². The minimum atomic E-state index is -0.764. The van der Waals surface area contributed by atoms with Crippen LogP contribution in [-0.2, 0) is 28.6 Å². The van der Waals surface area contributed by atoms with Gasteiger partial charge in [0.1, 0.15) is 13.2 Å². The van der Waals surface area contributed by atoms with Crippen LogP contribution < -0.4 is 0 Å². The van der Waals surface area contributed by atoms with Crippen LogP contribution in [0.25, 0.3) is 0 Å². The SMILES string of the molecule is CCCCCCCCCCCCCCCCCCCCCC(=O)O[C@H](COC(=O)CCCCCCCCCCCCCCCCCCCCC(C)CC)COC(=O)CCCCCCCCCCCCC(C)C. The minimum absolute atomic E-state index is 0.0620. The largest absolute Gasteiger partial charge is 0.462 e. The van der Waals surface area contributed by atoms with Gasteiger partial charge < -0.3 is 14.2 Å². The molecule has 0 aliphatic heterocycles. The van der Waals surface area contributed by atoms with Crippen LogP contribution in [0.2, 0.25) is 0 Å². The van der Waals surface area contributed by atoms with Gasteiger partial charge in [-0.05, 0) is 31.1 Å². The average Bonchev–Trinajstić information content (AvgIpc) is 3.37. The second-order valence-electron chi connectivity index (χ2n) is 23.5. The maximum atomic E-state index is 12.9. The summed E-state index contributed by atoms with van der Waals surface area (Å²) in [4.78, 5) is 38.3. The summed E-state index contributed by atoms with van der Waals surface area (Å²) < 4.78 is 17.0. The second-order valence-corrected chi connectivity index (χ2v) is 23.5. The van der Waals surface area contributed by atoms with Crippen molar-refractivity contribution in [1.82, 2.24) is 0 Å². The first-order valence-electron chi connectivity index (χ1n) is 32.8. The maximum absolute atomic E-state index is 12.9. The molecule has 0 aromatic rings. The predicted molar refractivity (Wildman–Crippen MR) is 312 cm³/mol. The molecule has 0 aliphatic rings. The number of carbonyl (C=O) groups is 3. The molecule has 0 radical (unpaired) electrons. The van der Waals surface area contributed by atoms with Gasteiger partial charge in [-0.1, -0.05) is 336 Å². The quantitative estimate of drug-likeness (QED) is 0.0343. The van der Waals surface area contributed by atoms with E-state index in [1.807, 2.05) is 0 Å². The molecule has 0 aliphatic carbocycles. The van der Waals surface area contributed by atoms with Crippen molar-refractivity contribution in [1.29, 1.82) is 0 Å². The first kappa shape index (κ1) is 70.4. The van der Waals surface area contributed by atoms with Crippen molar-refractivity contribution < 1.29 is 28.6 Å². The third-order valence-corrected chi connectivity index (χ3v) is 15.6. The molecule has 72 heavy (non-hydrogen) atoms. The smallest absolute Gasteiger partial charge is 0.306 e. The molecule has 6 heteroatoms. The van der Waals surface area contributed by atoms with Gasteiger partial charge >= 0.3 is 17.9 Å². The van der Waals surface area contributed by atoms with Gasteiger partial charge in [0, 0.05) is 19.3 Å². The Hall–Kier alpha value is -1.59. The van der Waals surface area contributed by atoms with Crippen molar-refractivity contribution >= 4 is 17.9 Å². The zero-order valence-corrected chi connectivity index (χ0v) is 49.6. The minimum Gasteiger partial charge on any atom is -0.462 e. The van der Waals surface area contributed by atoms with Gasteiger partial charge in [-0.3, -0.25) is 14.4 Å². The lowest BCUT2D eigenvalue weighted by Gasteiger charge is -2.18. The molecule has 1 unspecified atom stereocenters. The summed E-state index contributed by atoms with van der Waals surface area (Å²) in [7, 11) is 0. The van der Waals surface area contributed by atoms with Crippen molar-refractivity contribution in [3.05, 3.63) is 0 Å². The fraction of sp³-hybridized carbons (Fsp3) is 0.955. The van der Waals surface area contributed by atoms with Crippen LogP contribution in [0.15, 0.2) is 0 Å². The highest BCUT2D eigenvalue weighted by molar-refractivity contribution is 5.71. The lowest BCUT2D eigenvalue weighted by molar-refractivity contribution is -0.167. The van der Waals surface area contributed by atoms with E-state index in [9.17, 15) is 14.4 Å². The summed E-state index contributed by atoms with van der Waals surface area (Å²) in [6.45, 7) is 11.5. The van der Waals surface area contributed by atoms with Gasteiger partial charge in [0.25, 0.3) is 0 Å². The fourth-order valence-corrected chi connectivity index (χ4v) is 10.3. The third-order valence-electron chi connectivity index (χ3n) is 15.6. The number of unbranched alkanes of at least 4 members (excludes halogenated alkanes) is 44. The van der Waals surface area contributed by atoms with Crippen LogP contribution in [0.5, 0.6) is 0 Å². The molecule has 0 rings (SSSR count). The lowest BCUT2D eigenvalue weighted by atomic mass is 9.99. The standard InChI is InChI=1S/C66H128O6/c1-6-8-9-10-11-12-13-14-15-16-17-22-25-28-31-38-43-48-53-58-66(69)72-63(60-71-65(68)57-52-47-42-37-33-32-34-39-44-49-54-61(3)4)59-70-64(67)56-51-46-41-36-30-27-24-21-19-18-20-23-26-29-35-40-45-50-55-62(5)7-2/h61-63H,6-60H2,1-5H3/t62?,63-/m1/s1. The van der Waals surface area contributed by atoms with E-state index >= 15 is 0 Å². The molecule has 0 bridgehead atoms. The summed E-state index contributed by atoms with van der Waals surface area (Å²) in [5.74, 6) is 0.897. The van der Waals surface area contributed by atoms with E-state index in [2.05, 4.69) is 34.6 Å². The topological polar surface area (TPSA) is 78.9 Å². The van der Waals surface area contributed by atoms with E-state index in [1.54, 1.807) is 0 Å². The fourth-order valence-electron chi connectivity index (χ4n) is 10.3. The van der Waals surface area contributed by atoms with Gasteiger partial charge in [-0.25, -0.2) is 0 Å². The number of rotatable bonds is 60. The monoisotopic (exact) mass is 1020 g/mol. The summed E-state index contributed by atoms with van der Waals surface area (Å²) >= 11 is 0.